The van der Waals surface area contributed by atoms with Crippen molar-refractivity contribution in [2.45, 2.75) is 38.9 Å². The van der Waals surface area contributed by atoms with Gasteiger partial charge in [-0.1, -0.05) is 6.92 Å². The molecule has 0 saturated carbocycles. The number of nitrogens with one attached hydrogen (secondary N) is 1. The summed E-state index contributed by atoms with van der Waals surface area (Å²) in [5.41, 5.74) is 1.46. The molecule has 0 aromatic carbocycles. The Morgan fingerprint density at radius 3 is 2.71 bits per heavy atom. The number of aromatic nitrogens is 1. The highest BCUT2D eigenvalue weighted by Gasteiger charge is 2.40. The van der Waals surface area contributed by atoms with Crippen LogP contribution in [0.15, 0.2) is 12.1 Å². The number of rotatable bonds is 5. The van der Waals surface area contributed by atoms with Gasteiger partial charge in [0.15, 0.2) is 0 Å². The maximum Gasteiger partial charge on any atom is 0.408 e. The molecular weight excluding hydrogens is 323 g/mol. The van der Waals surface area contributed by atoms with Gasteiger partial charge in [0.05, 0.1) is 11.4 Å². The van der Waals surface area contributed by atoms with Gasteiger partial charge in [-0.15, -0.1) is 0 Å². The molecule has 1 aromatic rings. The summed E-state index contributed by atoms with van der Waals surface area (Å²) in [6.07, 6.45) is -4.12. The van der Waals surface area contributed by atoms with Crippen molar-refractivity contribution in [3.05, 3.63) is 23.5 Å². The molecule has 2 atom stereocenters. The number of anilines is 1. The fourth-order valence-electron chi connectivity index (χ4n) is 2.85. The molecule has 2 rings (SSSR count). The highest BCUT2D eigenvalue weighted by Crippen LogP contribution is 2.26. The van der Waals surface area contributed by atoms with E-state index >= 15 is 0 Å². The third-order valence-corrected chi connectivity index (χ3v) is 4.17. The van der Waals surface area contributed by atoms with Gasteiger partial charge in [0.25, 0.3) is 5.91 Å². The Morgan fingerprint density at radius 2 is 2.21 bits per heavy atom. The lowest BCUT2D eigenvalue weighted by atomic mass is 10.2. The first-order chi connectivity index (χ1) is 11.2. The Bertz CT molecular complexity index is 592. The second-order valence-electron chi connectivity index (χ2n) is 6.22. The van der Waals surface area contributed by atoms with E-state index in [0.717, 1.165) is 25.2 Å². The smallest absolute Gasteiger partial charge is 0.396 e. The lowest BCUT2D eigenvalue weighted by Gasteiger charge is -2.22. The number of hydrogen-bond donors (Lipinski definition) is 2. The van der Waals surface area contributed by atoms with Crippen molar-refractivity contribution >= 4 is 11.6 Å². The number of pyridine rings is 1. The minimum absolute atomic E-state index is 0.0596. The maximum absolute atomic E-state index is 12.8. The number of carbonyl (C=O) groups excluding carboxylic acids is 1. The van der Waals surface area contributed by atoms with E-state index in [9.17, 15) is 18.0 Å². The largest absolute Gasteiger partial charge is 0.408 e. The number of halogens is 3. The molecule has 1 amide bonds. The molecule has 2 N–H and O–H groups in total. The summed E-state index contributed by atoms with van der Waals surface area (Å²) >= 11 is 0. The van der Waals surface area contributed by atoms with E-state index in [-0.39, 0.29) is 5.69 Å². The van der Waals surface area contributed by atoms with Crippen LogP contribution in [0, 0.1) is 12.8 Å². The lowest BCUT2D eigenvalue weighted by molar-refractivity contribution is -0.156. The number of carbonyl (C=O) groups is 1. The molecule has 1 aliphatic rings. The van der Waals surface area contributed by atoms with Gasteiger partial charge in [-0.05, 0) is 37.8 Å². The first-order valence-electron chi connectivity index (χ1n) is 7.93. The Labute approximate surface area is 138 Å². The molecule has 8 heteroatoms. The maximum atomic E-state index is 12.8. The summed E-state index contributed by atoms with van der Waals surface area (Å²) in [6.45, 7) is 5.04. The van der Waals surface area contributed by atoms with E-state index < -0.39 is 31.2 Å². The van der Waals surface area contributed by atoms with Gasteiger partial charge in [0, 0.05) is 19.7 Å². The molecule has 24 heavy (non-hydrogen) atoms. The van der Waals surface area contributed by atoms with Crippen LogP contribution in [0.3, 0.4) is 0 Å². The molecule has 0 aliphatic carbocycles. The standard InChI is InChI=1S/C16H22F3N3O2/c1-10-5-7-22(9-10)13-4-3-12(20-11(13)2)15(24)21-14(6-8-23)16(17,18)19/h3-4,10,14,23H,5-9H2,1-2H3,(H,21,24). The predicted molar refractivity (Wildman–Crippen MR) is 84.0 cm³/mol. The predicted octanol–water partition coefficient (Wildman–Crippen LogP) is 2.28. The lowest BCUT2D eigenvalue weighted by Crippen LogP contribution is -2.46. The highest BCUT2D eigenvalue weighted by atomic mass is 19.4. The normalized spacial score (nSPS) is 19.4. The second kappa shape index (κ2) is 7.38. The van der Waals surface area contributed by atoms with Crippen LogP contribution in [0.2, 0.25) is 0 Å². The summed E-state index contributed by atoms with van der Waals surface area (Å²) in [4.78, 5) is 18.4. The van der Waals surface area contributed by atoms with Gasteiger partial charge >= 0.3 is 6.18 Å². The number of alkyl halides is 3. The Hall–Kier alpha value is -1.83. The number of amides is 1. The van der Waals surface area contributed by atoms with Gasteiger partial charge in [0.1, 0.15) is 11.7 Å². The van der Waals surface area contributed by atoms with Crippen LogP contribution in [0.25, 0.3) is 0 Å². The van der Waals surface area contributed by atoms with Crippen LogP contribution in [0.4, 0.5) is 18.9 Å². The average Bonchev–Trinajstić information content (AvgIpc) is 2.92. The van der Waals surface area contributed by atoms with Crippen molar-refractivity contribution in [1.29, 1.82) is 0 Å². The van der Waals surface area contributed by atoms with E-state index in [0.29, 0.717) is 11.6 Å². The third kappa shape index (κ3) is 4.37. The molecule has 0 radical (unpaired) electrons. The number of nitrogens with zero attached hydrogens (tertiary/aromatic N) is 2. The van der Waals surface area contributed by atoms with Crippen molar-refractivity contribution in [3.8, 4) is 0 Å². The fraction of sp³-hybridized carbons (Fsp3) is 0.625. The minimum Gasteiger partial charge on any atom is -0.396 e. The van der Waals surface area contributed by atoms with Crippen molar-refractivity contribution < 1.29 is 23.1 Å². The topological polar surface area (TPSA) is 65.5 Å². The molecule has 1 aliphatic heterocycles. The van der Waals surface area contributed by atoms with Crippen molar-refractivity contribution in [3.63, 3.8) is 0 Å². The molecular formula is C16H22F3N3O2. The molecule has 1 saturated heterocycles. The van der Waals surface area contributed by atoms with Crippen molar-refractivity contribution in [1.82, 2.24) is 10.3 Å². The van der Waals surface area contributed by atoms with E-state index in [2.05, 4.69) is 16.8 Å². The van der Waals surface area contributed by atoms with Gasteiger partial charge < -0.3 is 15.3 Å². The number of aryl methyl sites for hydroxylation is 1. The van der Waals surface area contributed by atoms with Crippen LogP contribution in [0.1, 0.15) is 35.9 Å². The first kappa shape index (κ1) is 18.5. The summed E-state index contributed by atoms with van der Waals surface area (Å²) in [6, 6.07) is 1.08. The Morgan fingerprint density at radius 1 is 1.50 bits per heavy atom. The molecule has 2 heterocycles. The molecule has 0 spiro atoms. The summed E-state index contributed by atoms with van der Waals surface area (Å²) < 4.78 is 38.4. The van der Waals surface area contributed by atoms with Crippen LogP contribution in [0.5, 0.6) is 0 Å². The van der Waals surface area contributed by atoms with Crippen LogP contribution < -0.4 is 10.2 Å². The Balaban J connectivity index is 2.11. The molecule has 5 nitrogen and oxygen atoms in total. The molecule has 2 unspecified atom stereocenters. The summed E-state index contributed by atoms with van der Waals surface area (Å²) in [5, 5.41) is 10.6. The van der Waals surface area contributed by atoms with Crippen LogP contribution >= 0.6 is 0 Å². The quantitative estimate of drug-likeness (QED) is 0.859. The summed E-state index contributed by atoms with van der Waals surface area (Å²) in [7, 11) is 0. The van der Waals surface area contributed by atoms with E-state index in [1.807, 2.05) is 5.32 Å². The average molecular weight is 345 g/mol. The van der Waals surface area contributed by atoms with E-state index in [1.54, 1.807) is 13.0 Å². The van der Waals surface area contributed by atoms with Gasteiger partial charge in [-0.25, -0.2) is 4.98 Å². The third-order valence-electron chi connectivity index (χ3n) is 4.17. The van der Waals surface area contributed by atoms with Crippen LogP contribution in [-0.4, -0.2) is 47.9 Å². The van der Waals surface area contributed by atoms with Crippen molar-refractivity contribution in [2.24, 2.45) is 5.92 Å². The molecule has 1 fully saturated rings. The van der Waals surface area contributed by atoms with Crippen LogP contribution in [-0.2, 0) is 0 Å². The monoisotopic (exact) mass is 345 g/mol. The minimum atomic E-state index is -4.61. The van der Waals surface area contributed by atoms with Gasteiger partial charge in [0.2, 0.25) is 0 Å². The molecule has 0 bridgehead atoms. The highest BCUT2D eigenvalue weighted by molar-refractivity contribution is 5.93. The zero-order chi connectivity index (χ0) is 17.9. The number of aliphatic hydroxyl groups excluding tert-OH is 1. The summed E-state index contributed by atoms with van der Waals surface area (Å²) in [5.74, 6) is -0.311. The van der Waals surface area contributed by atoms with Gasteiger partial charge in [-0.3, -0.25) is 4.79 Å². The SMILES string of the molecule is Cc1nc(C(=O)NC(CCO)C(F)(F)F)ccc1N1CCC(C)C1. The van der Waals surface area contributed by atoms with Crippen molar-refractivity contribution in [2.75, 3.05) is 24.6 Å². The zero-order valence-corrected chi connectivity index (χ0v) is 13.7. The van der Waals surface area contributed by atoms with E-state index in [1.165, 1.54) is 6.07 Å². The van der Waals surface area contributed by atoms with E-state index in [4.69, 9.17) is 5.11 Å². The fourth-order valence-corrected chi connectivity index (χ4v) is 2.85. The second-order valence-corrected chi connectivity index (χ2v) is 6.22. The number of hydrogen-bond acceptors (Lipinski definition) is 4. The molecule has 1 aromatic heterocycles. The first-order valence-corrected chi connectivity index (χ1v) is 7.93. The molecule has 134 valence electrons. The van der Waals surface area contributed by atoms with Gasteiger partial charge in [-0.2, -0.15) is 13.2 Å². The number of aliphatic hydroxyl groups is 1. The Kier molecular flexibility index (Phi) is 5.69. The zero-order valence-electron chi connectivity index (χ0n) is 13.7.